The van der Waals surface area contributed by atoms with Gasteiger partial charge in [0.15, 0.2) is 0 Å². The fraction of sp³-hybridized carbons (Fsp3) is 0.400. The molecule has 0 aromatic carbocycles. The molecule has 0 spiro atoms. The van der Waals surface area contributed by atoms with Crippen molar-refractivity contribution in [3.8, 4) is 0 Å². The topological polar surface area (TPSA) is 19.4 Å². The zero-order valence-corrected chi connectivity index (χ0v) is 11.0. The third-order valence-electron chi connectivity index (χ3n) is 3.84. The predicted octanol–water partition coefficient (Wildman–Crippen LogP) is 2.17. The van der Waals surface area contributed by atoms with Gasteiger partial charge in [0.05, 0.1) is 12.1 Å². The van der Waals surface area contributed by atoms with Crippen molar-refractivity contribution in [2.45, 2.75) is 12.1 Å². The summed E-state index contributed by atoms with van der Waals surface area (Å²) in [7, 11) is 4.30. The van der Waals surface area contributed by atoms with E-state index in [0.717, 1.165) is 13.1 Å². The van der Waals surface area contributed by atoms with Crippen molar-refractivity contribution in [3.63, 3.8) is 0 Å². The molecule has 3 heteroatoms. The van der Waals surface area contributed by atoms with Crippen molar-refractivity contribution >= 4 is 0 Å². The molecular weight excluding hydrogens is 222 g/mol. The summed E-state index contributed by atoms with van der Waals surface area (Å²) in [5.41, 5.74) is 2.58. The second kappa shape index (κ2) is 4.67. The van der Waals surface area contributed by atoms with Gasteiger partial charge in [0.25, 0.3) is 0 Å². The van der Waals surface area contributed by atoms with E-state index in [-0.39, 0.29) is 0 Å². The molecule has 94 valence electrons. The Hall–Kier alpha value is -1.45. The minimum absolute atomic E-state index is 0.383. The summed E-state index contributed by atoms with van der Waals surface area (Å²) in [6, 6.07) is 3.06. The molecule has 2 aliphatic rings. The van der Waals surface area contributed by atoms with Gasteiger partial charge in [-0.1, -0.05) is 24.3 Å². The fourth-order valence-corrected chi connectivity index (χ4v) is 2.76. The Morgan fingerprint density at radius 2 is 1.44 bits per heavy atom. The molecule has 0 amide bonds. The van der Waals surface area contributed by atoms with Crippen LogP contribution in [0.15, 0.2) is 42.8 Å². The first-order valence-electron chi connectivity index (χ1n) is 6.44. The molecule has 0 fully saturated rings. The summed E-state index contributed by atoms with van der Waals surface area (Å²) in [5, 5.41) is 0. The highest BCUT2D eigenvalue weighted by Gasteiger charge is 2.21. The largest absolute Gasteiger partial charge is 0.292 e. The Morgan fingerprint density at radius 3 is 1.83 bits per heavy atom. The molecule has 2 atom stereocenters. The number of hydrogen-bond donors (Lipinski definition) is 0. The van der Waals surface area contributed by atoms with Gasteiger partial charge in [0.2, 0.25) is 0 Å². The maximum Gasteiger partial charge on any atom is 0.0547 e. The third-order valence-corrected chi connectivity index (χ3v) is 3.84. The average molecular weight is 241 g/mol. The number of pyridine rings is 1. The van der Waals surface area contributed by atoms with Crippen molar-refractivity contribution in [2.24, 2.45) is 0 Å². The Labute approximate surface area is 108 Å². The van der Waals surface area contributed by atoms with Gasteiger partial charge in [0.1, 0.15) is 0 Å². The standard InChI is InChI=1S/C15H19N3/c1-17-7-3-5-14(17)12-9-13(11-16-10-12)15-6-4-8-18(15)2/h3-6,9-11,14-15H,7-8H2,1-2H3. The summed E-state index contributed by atoms with van der Waals surface area (Å²) in [4.78, 5) is 9.08. The van der Waals surface area contributed by atoms with Crippen LogP contribution in [0.25, 0.3) is 0 Å². The van der Waals surface area contributed by atoms with E-state index in [0.29, 0.717) is 12.1 Å². The monoisotopic (exact) mass is 241 g/mol. The van der Waals surface area contributed by atoms with Crippen molar-refractivity contribution < 1.29 is 0 Å². The minimum atomic E-state index is 0.383. The first-order valence-corrected chi connectivity index (χ1v) is 6.44. The van der Waals surface area contributed by atoms with Gasteiger partial charge in [-0.3, -0.25) is 14.8 Å². The Morgan fingerprint density at radius 1 is 0.944 bits per heavy atom. The minimum Gasteiger partial charge on any atom is -0.292 e. The molecular formula is C15H19N3. The average Bonchev–Trinajstić information content (AvgIpc) is 2.98. The molecule has 3 nitrogen and oxygen atoms in total. The smallest absolute Gasteiger partial charge is 0.0547 e. The van der Waals surface area contributed by atoms with Crippen LogP contribution in [0.3, 0.4) is 0 Å². The molecule has 1 aromatic heterocycles. The summed E-state index contributed by atoms with van der Waals surface area (Å²) in [6.45, 7) is 2.05. The van der Waals surface area contributed by atoms with Crippen LogP contribution in [0.5, 0.6) is 0 Å². The van der Waals surface area contributed by atoms with Crippen LogP contribution in [-0.2, 0) is 0 Å². The molecule has 0 N–H and O–H groups in total. The maximum atomic E-state index is 4.42. The van der Waals surface area contributed by atoms with Gasteiger partial charge < -0.3 is 0 Å². The number of nitrogens with zero attached hydrogens (tertiary/aromatic N) is 3. The maximum absolute atomic E-state index is 4.42. The van der Waals surface area contributed by atoms with E-state index in [1.165, 1.54) is 11.1 Å². The summed E-state index contributed by atoms with van der Waals surface area (Å²) < 4.78 is 0. The lowest BCUT2D eigenvalue weighted by Gasteiger charge is -2.22. The molecule has 2 aliphatic heterocycles. The molecule has 0 saturated heterocycles. The van der Waals surface area contributed by atoms with E-state index < -0.39 is 0 Å². The summed E-state index contributed by atoms with van der Waals surface area (Å²) in [6.07, 6.45) is 12.9. The van der Waals surface area contributed by atoms with E-state index in [9.17, 15) is 0 Å². The Kier molecular flexibility index (Phi) is 3.02. The zero-order valence-electron chi connectivity index (χ0n) is 11.0. The SMILES string of the molecule is CN1CC=CC1c1cncc(C2C=CCN2C)c1. The van der Waals surface area contributed by atoms with Crippen LogP contribution in [0.4, 0.5) is 0 Å². The lowest BCUT2D eigenvalue weighted by atomic mass is 10.0. The van der Waals surface area contributed by atoms with E-state index in [1.807, 2.05) is 12.4 Å². The second-order valence-corrected chi connectivity index (χ2v) is 5.18. The van der Waals surface area contributed by atoms with Crippen LogP contribution in [0.1, 0.15) is 23.2 Å². The van der Waals surface area contributed by atoms with Crippen LogP contribution >= 0.6 is 0 Å². The molecule has 2 unspecified atom stereocenters. The van der Waals surface area contributed by atoms with Crippen molar-refractivity contribution in [1.82, 2.24) is 14.8 Å². The summed E-state index contributed by atoms with van der Waals surface area (Å²) in [5.74, 6) is 0. The van der Waals surface area contributed by atoms with Gasteiger partial charge >= 0.3 is 0 Å². The lowest BCUT2D eigenvalue weighted by Crippen LogP contribution is -2.21. The lowest BCUT2D eigenvalue weighted by molar-refractivity contribution is 0.332. The molecule has 1 aromatic rings. The highest BCUT2D eigenvalue weighted by molar-refractivity contribution is 5.31. The quantitative estimate of drug-likeness (QED) is 0.740. The molecule has 0 saturated carbocycles. The van der Waals surface area contributed by atoms with Gasteiger partial charge in [0, 0.05) is 25.5 Å². The first kappa shape index (κ1) is 11.6. The van der Waals surface area contributed by atoms with Crippen LogP contribution in [-0.4, -0.2) is 42.0 Å². The van der Waals surface area contributed by atoms with Crippen molar-refractivity contribution in [1.29, 1.82) is 0 Å². The Balaban J connectivity index is 1.89. The van der Waals surface area contributed by atoms with Crippen LogP contribution in [0, 0.1) is 0 Å². The van der Waals surface area contributed by atoms with E-state index >= 15 is 0 Å². The Bertz CT molecular complexity index is 451. The molecule has 3 rings (SSSR count). The van der Waals surface area contributed by atoms with Crippen molar-refractivity contribution in [2.75, 3.05) is 27.2 Å². The van der Waals surface area contributed by atoms with E-state index in [1.54, 1.807) is 0 Å². The van der Waals surface area contributed by atoms with Gasteiger partial charge in [-0.2, -0.15) is 0 Å². The van der Waals surface area contributed by atoms with Gasteiger partial charge in [-0.15, -0.1) is 0 Å². The molecule has 0 aliphatic carbocycles. The van der Waals surface area contributed by atoms with Crippen molar-refractivity contribution in [3.05, 3.63) is 53.9 Å². The van der Waals surface area contributed by atoms with Gasteiger partial charge in [-0.25, -0.2) is 0 Å². The number of likely N-dealkylation sites (N-methyl/N-ethyl adjacent to an activating group) is 2. The first-order chi connectivity index (χ1) is 8.75. The molecule has 18 heavy (non-hydrogen) atoms. The van der Waals surface area contributed by atoms with E-state index in [4.69, 9.17) is 0 Å². The molecule has 0 bridgehead atoms. The normalized spacial score (nSPS) is 28.3. The highest BCUT2D eigenvalue weighted by atomic mass is 15.1. The molecule has 3 heterocycles. The van der Waals surface area contributed by atoms with E-state index in [2.05, 4.69) is 59.2 Å². The van der Waals surface area contributed by atoms with Crippen LogP contribution < -0.4 is 0 Å². The van der Waals surface area contributed by atoms with Crippen LogP contribution in [0.2, 0.25) is 0 Å². The fourth-order valence-electron chi connectivity index (χ4n) is 2.76. The number of hydrogen-bond acceptors (Lipinski definition) is 3. The second-order valence-electron chi connectivity index (χ2n) is 5.18. The summed E-state index contributed by atoms with van der Waals surface area (Å²) >= 11 is 0. The number of aromatic nitrogens is 1. The third kappa shape index (κ3) is 2.00. The predicted molar refractivity (Wildman–Crippen MR) is 73.3 cm³/mol. The highest BCUT2D eigenvalue weighted by Crippen LogP contribution is 2.29. The zero-order chi connectivity index (χ0) is 12.5. The molecule has 0 radical (unpaired) electrons. The number of rotatable bonds is 2. The van der Waals surface area contributed by atoms with Gasteiger partial charge in [-0.05, 0) is 31.3 Å².